The van der Waals surface area contributed by atoms with Crippen molar-refractivity contribution in [3.05, 3.63) is 35.6 Å². The fraction of sp³-hybridized carbons (Fsp3) is 0.571. The smallest absolute Gasteiger partial charge is 0.123 e. The zero-order valence-electron chi connectivity index (χ0n) is 9.88. The van der Waals surface area contributed by atoms with Crippen molar-refractivity contribution in [2.75, 3.05) is 0 Å². The molecule has 1 fully saturated rings. The molecule has 0 aromatic heterocycles. The normalized spacial score (nSPS) is 18.9. The summed E-state index contributed by atoms with van der Waals surface area (Å²) in [5.41, 5.74) is 1.08. The number of benzene rings is 1. The van der Waals surface area contributed by atoms with Gasteiger partial charge in [0.15, 0.2) is 0 Å². The summed E-state index contributed by atoms with van der Waals surface area (Å²) in [5, 5.41) is 3.64. The van der Waals surface area contributed by atoms with Crippen molar-refractivity contribution in [1.82, 2.24) is 5.32 Å². The van der Waals surface area contributed by atoms with E-state index >= 15 is 0 Å². The fourth-order valence-corrected chi connectivity index (χ4v) is 2.55. The minimum absolute atomic E-state index is 0.135. The van der Waals surface area contributed by atoms with Crippen molar-refractivity contribution in [2.24, 2.45) is 0 Å². The number of rotatable bonds is 4. The zero-order valence-corrected chi connectivity index (χ0v) is 9.88. The van der Waals surface area contributed by atoms with Gasteiger partial charge < -0.3 is 5.32 Å². The third-order valence-corrected chi connectivity index (χ3v) is 3.45. The number of nitrogens with one attached hydrogen (secondary N) is 1. The first-order valence-electron chi connectivity index (χ1n) is 6.31. The molecule has 0 saturated heterocycles. The van der Waals surface area contributed by atoms with E-state index in [1.807, 2.05) is 6.07 Å². The van der Waals surface area contributed by atoms with Crippen LogP contribution in [0, 0.1) is 5.82 Å². The molecule has 1 aliphatic carbocycles. The van der Waals surface area contributed by atoms with Gasteiger partial charge in [0.05, 0.1) is 0 Å². The Balaban J connectivity index is 2.03. The van der Waals surface area contributed by atoms with E-state index in [-0.39, 0.29) is 5.82 Å². The molecule has 0 radical (unpaired) electrons. The summed E-state index contributed by atoms with van der Waals surface area (Å²) >= 11 is 0. The van der Waals surface area contributed by atoms with Crippen LogP contribution >= 0.6 is 0 Å². The first-order valence-corrected chi connectivity index (χ1v) is 6.31. The van der Waals surface area contributed by atoms with Crippen molar-refractivity contribution in [1.29, 1.82) is 0 Å². The van der Waals surface area contributed by atoms with E-state index in [0.717, 1.165) is 12.0 Å². The molecule has 0 bridgehead atoms. The van der Waals surface area contributed by atoms with Crippen LogP contribution in [0.5, 0.6) is 0 Å². The Morgan fingerprint density at radius 3 is 2.75 bits per heavy atom. The molecule has 16 heavy (non-hydrogen) atoms. The molecule has 0 aliphatic heterocycles. The Hall–Kier alpha value is -0.890. The van der Waals surface area contributed by atoms with E-state index in [1.165, 1.54) is 31.7 Å². The maximum absolute atomic E-state index is 13.1. The molecule has 1 unspecified atom stereocenters. The van der Waals surface area contributed by atoms with E-state index in [9.17, 15) is 4.39 Å². The molecule has 0 heterocycles. The fourth-order valence-electron chi connectivity index (χ4n) is 2.55. The third kappa shape index (κ3) is 2.82. The Labute approximate surface area is 97.1 Å². The molecule has 2 rings (SSSR count). The van der Waals surface area contributed by atoms with Crippen LogP contribution in [0.3, 0.4) is 0 Å². The number of hydrogen-bond donors (Lipinski definition) is 1. The second-order valence-corrected chi connectivity index (χ2v) is 4.66. The van der Waals surface area contributed by atoms with Gasteiger partial charge in [0, 0.05) is 12.1 Å². The molecule has 1 aliphatic rings. The topological polar surface area (TPSA) is 12.0 Å². The average molecular weight is 221 g/mol. The van der Waals surface area contributed by atoms with Gasteiger partial charge in [-0.05, 0) is 37.0 Å². The van der Waals surface area contributed by atoms with Crippen LogP contribution in [0.2, 0.25) is 0 Å². The minimum Gasteiger partial charge on any atom is -0.307 e. The Bertz CT molecular complexity index is 331. The van der Waals surface area contributed by atoms with E-state index in [0.29, 0.717) is 12.1 Å². The summed E-state index contributed by atoms with van der Waals surface area (Å²) in [6.07, 6.45) is 6.21. The summed E-state index contributed by atoms with van der Waals surface area (Å²) < 4.78 is 13.1. The monoisotopic (exact) mass is 221 g/mol. The molecular formula is C14H20FN. The summed E-state index contributed by atoms with van der Waals surface area (Å²) in [6.45, 7) is 2.15. The second-order valence-electron chi connectivity index (χ2n) is 4.66. The Morgan fingerprint density at radius 2 is 2.12 bits per heavy atom. The number of hydrogen-bond acceptors (Lipinski definition) is 1. The lowest BCUT2D eigenvalue weighted by Gasteiger charge is -2.22. The molecule has 1 atom stereocenters. The van der Waals surface area contributed by atoms with Gasteiger partial charge in [0.2, 0.25) is 0 Å². The molecule has 2 heteroatoms. The first-order chi connectivity index (χ1) is 7.79. The predicted octanol–water partition coefficient (Wildman–Crippen LogP) is 3.81. The van der Waals surface area contributed by atoms with Gasteiger partial charge in [-0.1, -0.05) is 31.9 Å². The summed E-state index contributed by atoms with van der Waals surface area (Å²) in [4.78, 5) is 0. The molecule has 1 nitrogen and oxygen atoms in total. The predicted molar refractivity (Wildman–Crippen MR) is 64.8 cm³/mol. The van der Waals surface area contributed by atoms with Gasteiger partial charge in [0.25, 0.3) is 0 Å². The van der Waals surface area contributed by atoms with Crippen molar-refractivity contribution >= 4 is 0 Å². The van der Waals surface area contributed by atoms with Crippen LogP contribution in [-0.4, -0.2) is 6.04 Å². The molecule has 88 valence electrons. The maximum atomic E-state index is 13.1. The van der Waals surface area contributed by atoms with E-state index in [4.69, 9.17) is 0 Å². The highest BCUT2D eigenvalue weighted by Gasteiger charge is 2.19. The summed E-state index contributed by atoms with van der Waals surface area (Å²) in [7, 11) is 0. The van der Waals surface area contributed by atoms with Gasteiger partial charge in [-0.3, -0.25) is 0 Å². The summed E-state index contributed by atoms with van der Waals surface area (Å²) in [5.74, 6) is -0.135. The third-order valence-electron chi connectivity index (χ3n) is 3.45. The summed E-state index contributed by atoms with van der Waals surface area (Å²) in [6, 6.07) is 7.90. The SMILES string of the molecule is CCC(NC1CCCC1)c1cccc(F)c1. The van der Waals surface area contributed by atoms with E-state index < -0.39 is 0 Å². The van der Waals surface area contributed by atoms with E-state index in [1.54, 1.807) is 12.1 Å². The van der Waals surface area contributed by atoms with E-state index in [2.05, 4.69) is 12.2 Å². The van der Waals surface area contributed by atoms with Crippen LogP contribution in [0.25, 0.3) is 0 Å². The maximum Gasteiger partial charge on any atom is 0.123 e. The molecule has 0 amide bonds. The lowest BCUT2D eigenvalue weighted by atomic mass is 10.0. The van der Waals surface area contributed by atoms with Gasteiger partial charge in [-0.25, -0.2) is 4.39 Å². The Morgan fingerprint density at radius 1 is 1.38 bits per heavy atom. The quantitative estimate of drug-likeness (QED) is 0.815. The molecule has 1 saturated carbocycles. The standard InChI is InChI=1S/C14H20FN/c1-2-14(16-13-8-3-4-9-13)11-6-5-7-12(15)10-11/h5-7,10,13-14,16H,2-4,8-9H2,1H3. The van der Waals surface area contributed by atoms with Crippen LogP contribution in [0.4, 0.5) is 4.39 Å². The van der Waals surface area contributed by atoms with Crippen LogP contribution in [-0.2, 0) is 0 Å². The van der Waals surface area contributed by atoms with Crippen LogP contribution in [0.1, 0.15) is 50.6 Å². The average Bonchev–Trinajstić information content (AvgIpc) is 2.78. The molecule has 1 aromatic carbocycles. The largest absolute Gasteiger partial charge is 0.307 e. The minimum atomic E-state index is -0.135. The molecule has 1 N–H and O–H groups in total. The Kier molecular flexibility index (Phi) is 3.94. The van der Waals surface area contributed by atoms with Crippen molar-refractivity contribution in [3.8, 4) is 0 Å². The number of halogens is 1. The molecule has 1 aromatic rings. The van der Waals surface area contributed by atoms with Crippen LogP contribution in [0.15, 0.2) is 24.3 Å². The molecular weight excluding hydrogens is 201 g/mol. The highest BCUT2D eigenvalue weighted by Crippen LogP contribution is 2.24. The zero-order chi connectivity index (χ0) is 11.4. The van der Waals surface area contributed by atoms with Crippen molar-refractivity contribution in [2.45, 2.75) is 51.1 Å². The molecule has 0 spiro atoms. The van der Waals surface area contributed by atoms with Crippen LogP contribution < -0.4 is 5.32 Å². The highest BCUT2D eigenvalue weighted by atomic mass is 19.1. The van der Waals surface area contributed by atoms with Crippen molar-refractivity contribution < 1.29 is 4.39 Å². The van der Waals surface area contributed by atoms with Gasteiger partial charge in [0.1, 0.15) is 5.82 Å². The lowest BCUT2D eigenvalue weighted by Crippen LogP contribution is -2.30. The van der Waals surface area contributed by atoms with Gasteiger partial charge >= 0.3 is 0 Å². The highest BCUT2D eigenvalue weighted by molar-refractivity contribution is 5.20. The lowest BCUT2D eigenvalue weighted by molar-refractivity contribution is 0.429. The second kappa shape index (κ2) is 5.44. The van der Waals surface area contributed by atoms with Gasteiger partial charge in [-0.15, -0.1) is 0 Å². The van der Waals surface area contributed by atoms with Gasteiger partial charge in [-0.2, -0.15) is 0 Å². The van der Waals surface area contributed by atoms with Crippen molar-refractivity contribution in [3.63, 3.8) is 0 Å². The first kappa shape index (κ1) is 11.6.